The second-order valence-electron chi connectivity index (χ2n) is 9.31. The summed E-state index contributed by atoms with van der Waals surface area (Å²) in [6, 6.07) is 2.03. The fourth-order valence-electron chi connectivity index (χ4n) is 3.64. The van der Waals surface area contributed by atoms with E-state index in [2.05, 4.69) is 15.5 Å². The molecule has 218 valence electrons. The van der Waals surface area contributed by atoms with Gasteiger partial charge in [-0.3, -0.25) is 9.79 Å². The molecule has 1 amide bonds. The van der Waals surface area contributed by atoms with E-state index < -0.39 is 17.7 Å². The quantitative estimate of drug-likeness (QED) is 0.143. The maximum atomic E-state index is 13.0. The lowest BCUT2D eigenvalue weighted by Crippen LogP contribution is -2.37. The minimum atomic E-state index is -0.568. The highest BCUT2D eigenvalue weighted by molar-refractivity contribution is 8.16. The molecule has 2 atom stereocenters. The Morgan fingerprint density at radius 2 is 1.85 bits per heavy atom. The van der Waals surface area contributed by atoms with Crippen molar-refractivity contribution in [2.45, 2.75) is 58.5 Å². The third kappa shape index (κ3) is 11.7. The van der Waals surface area contributed by atoms with Crippen molar-refractivity contribution in [2.75, 3.05) is 58.6 Å². The Morgan fingerprint density at radius 3 is 2.54 bits per heavy atom. The van der Waals surface area contributed by atoms with Gasteiger partial charge >= 0.3 is 5.63 Å². The topological polar surface area (TPSA) is 130 Å². The van der Waals surface area contributed by atoms with E-state index in [-0.39, 0.29) is 5.91 Å². The number of ether oxygens (including phenoxy) is 4. The van der Waals surface area contributed by atoms with Crippen LogP contribution >= 0.6 is 11.8 Å². The zero-order valence-electron chi connectivity index (χ0n) is 23.1. The second-order valence-corrected chi connectivity index (χ2v) is 10.3. The molecule has 0 bridgehead atoms. The van der Waals surface area contributed by atoms with Crippen molar-refractivity contribution in [3.63, 3.8) is 0 Å². The number of nitrogens with one attached hydrogen (secondary N) is 1. The number of carbonyl (C=O) groups is 1. The molecule has 2 aliphatic rings. The predicted molar refractivity (Wildman–Crippen MR) is 150 cm³/mol. The molecule has 2 unspecified atom stereocenters. The number of hydrogen-bond donors (Lipinski definition) is 1. The lowest BCUT2D eigenvalue weighted by molar-refractivity contribution is -0.122. The van der Waals surface area contributed by atoms with Gasteiger partial charge in [-0.15, -0.1) is 11.8 Å². The first kappa shape index (κ1) is 31.1. The highest BCUT2D eigenvalue weighted by atomic mass is 32.2. The molecular weight excluding hydrogens is 526 g/mol. The molecule has 0 saturated heterocycles. The molecule has 11 nitrogen and oxygen atoms in total. The van der Waals surface area contributed by atoms with Gasteiger partial charge in [-0.05, 0) is 39.0 Å². The van der Waals surface area contributed by atoms with Crippen molar-refractivity contribution in [3.05, 3.63) is 28.3 Å². The lowest BCUT2D eigenvalue weighted by Gasteiger charge is -2.19. The molecule has 1 aliphatic heterocycles. The van der Waals surface area contributed by atoms with E-state index in [9.17, 15) is 9.59 Å². The second kappa shape index (κ2) is 17.3. The molecule has 12 heteroatoms. The SMILES string of the molecule is CCCC(NC(=O)C1CSC(/C(C)=N/OCCOCCOCCOCC)=N1)c1cc(OCC2CC2)cc(=O)o1. The van der Waals surface area contributed by atoms with Crippen LogP contribution in [0.4, 0.5) is 0 Å². The Hall–Kier alpha value is -2.41. The monoisotopic (exact) mass is 567 g/mol. The lowest BCUT2D eigenvalue weighted by atomic mass is 10.1. The smallest absolute Gasteiger partial charge is 0.339 e. The van der Waals surface area contributed by atoms with E-state index in [1.807, 2.05) is 13.8 Å². The van der Waals surface area contributed by atoms with Gasteiger partial charge in [0.25, 0.3) is 0 Å². The number of thioether (sulfide) groups is 1. The third-order valence-electron chi connectivity index (χ3n) is 5.91. The van der Waals surface area contributed by atoms with E-state index in [4.69, 9.17) is 28.2 Å². The maximum Gasteiger partial charge on any atom is 0.339 e. The van der Waals surface area contributed by atoms with Gasteiger partial charge in [-0.1, -0.05) is 18.5 Å². The van der Waals surface area contributed by atoms with Crippen molar-refractivity contribution in [1.82, 2.24) is 5.32 Å². The highest BCUT2D eigenvalue weighted by Gasteiger charge is 2.29. The maximum absolute atomic E-state index is 13.0. The summed E-state index contributed by atoms with van der Waals surface area (Å²) in [5, 5.41) is 7.77. The van der Waals surface area contributed by atoms with E-state index in [1.165, 1.54) is 17.8 Å². The summed E-state index contributed by atoms with van der Waals surface area (Å²) in [5.74, 6) is 1.69. The molecule has 39 heavy (non-hydrogen) atoms. The summed E-state index contributed by atoms with van der Waals surface area (Å²) < 4.78 is 27.2. The van der Waals surface area contributed by atoms with Crippen LogP contribution in [-0.4, -0.2) is 81.3 Å². The molecule has 3 rings (SSSR count). The summed E-state index contributed by atoms with van der Waals surface area (Å²) in [6.45, 7) is 9.80. The van der Waals surface area contributed by atoms with Gasteiger partial charge in [-0.2, -0.15) is 0 Å². The Labute approximate surface area is 234 Å². The molecule has 2 heterocycles. The number of hydrogen-bond acceptors (Lipinski definition) is 11. The Bertz CT molecular complexity index is 1010. The van der Waals surface area contributed by atoms with Crippen LogP contribution in [0.15, 0.2) is 31.5 Å². The minimum Gasteiger partial charge on any atom is -0.493 e. The van der Waals surface area contributed by atoms with E-state index in [0.717, 1.165) is 19.3 Å². The standard InChI is InChI=1S/C27H41N3O8S/c1-4-6-22(24-15-21(16-25(31)38-24)36-17-20-7-8-20)28-26(32)23-18-39-27(29-23)19(3)30-37-14-13-35-12-11-34-10-9-33-5-2/h15-16,20,22-23H,4-14,17-18H2,1-3H3,(H,28,32)/b30-19+. The molecular formula is C27H41N3O8S. The molecule has 1 saturated carbocycles. The molecule has 0 radical (unpaired) electrons. The van der Waals surface area contributed by atoms with Crippen LogP contribution in [0.1, 0.15) is 58.3 Å². The molecule has 1 N–H and O–H groups in total. The average molecular weight is 568 g/mol. The molecule has 1 aliphatic carbocycles. The zero-order chi connectivity index (χ0) is 27.9. The fraction of sp³-hybridized carbons (Fsp3) is 0.704. The third-order valence-corrected chi connectivity index (χ3v) is 7.07. The van der Waals surface area contributed by atoms with Crippen molar-refractivity contribution >= 4 is 28.4 Å². The van der Waals surface area contributed by atoms with E-state index in [0.29, 0.717) is 93.2 Å². The van der Waals surface area contributed by atoms with Gasteiger partial charge in [0.15, 0.2) is 0 Å². The molecule has 1 aromatic rings. The first-order valence-electron chi connectivity index (χ1n) is 13.7. The van der Waals surface area contributed by atoms with Gasteiger partial charge in [0.1, 0.15) is 34.9 Å². The van der Waals surface area contributed by atoms with Crippen LogP contribution in [-0.2, 0) is 23.8 Å². The number of amides is 1. The van der Waals surface area contributed by atoms with Crippen LogP contribution < -0.4 is 15.7 Å². The molecule has 0 aromatic carbocycles. The first-order chi connectivity index (χ1) is 19.0. The molecule has 1 aromatic heterocycles. The highest BCUT2D eigenvalue weighted by Crippen LogP contribution is 2.30. The van der Waals surface area contributed by atoms with Crippen molar-refractivity contribution in [1.29, 1.82) is 0 Å². The Morgan fingerprint density at radius 1 is 1.13 bits per heavy atom. The summed E-state index contributed by atoms with van der Waals surface area (Å²) in [5.41, 5.74) is 0.111. The predicted octanol–water partition coefficient (Wildman–Crippen LogP) is 3.36. The Kier molecular flexibility index (Phi) is 13.8. The molecule has 0 spiro atoms. The minimum absolute atomic E-state index is 0.228. The van der Waals surface area contributed by atoms with Gasteiger partial charge in [0.2, 0.25) is 5.91 Å². The van der Waals surface area contributed by atoms with Crippen molar-refractivity contribution in [3.8, 4) is 5.75 Å². The molecule has 1 fully saturated rings. The van der Waals surface area contributed by atoms with E-state index in [1.54, 1.807) is 13.0 Å². The summed E-state index contributed by atoms with van der Waals surface area (Å²) >= 11 is 1.45. The van der Waals surface area contributed by atoms with Crippen LogP contribution in [0.2, 0.25) is 0 Å². The van der Waals surface area contributed by atoms with Crippen molar-refractivity contribution < 1.29 is 33.0 Å². The first-order valence-corrected chi connectivity index (χ1v) is 14.7. The Balaban J connectivity index is 1.43. The number of carbonyl (C=O) groups excluding carboxylic acids is 1. The number of rotatable bonds is 20. The average Bonchev–Trinajstić information content (AvgIpc) is 3.62. The number of oxime groups is 1. The van der Waals surface area contributed by atoms with Crippen molar-refractivity contribution in [2.24, 2.45) is 16.1 Å². The van der Waals surface area contributed by atoms with Gasteiger partial charge in [0.05, 0.1) is 51.7 Å². The normalized spacial score (nSPS) is 18.1. The van der Waals surface area contributed by atoms with E-state index >= 15 is 0 Å². The number of aliphatic imine (C=N–C) groups is 1. The number of nitrogens with zero attached hydrogens (tertiary/aromatic N) is 2. The van der Waals surface area contributed by atoms with Crippen LogP contribution in [0.5, 0.6) is 5.75 Å². The zero-order valence-corrected chi connectivity index (χ0v) is 24.0. The van der Waals surface area contributed by atoms with Gasteiger partial charge < -0.3 is 33.5 Å². The summed E-state index contributed by atoms with van der Waals surface area (Å²) in [7, 11) is 0. The van der Waals surface area contributed by atoms with Gasteiger partial charge in [0, 0.05) is 18.4 Å². The van der Waals surface area contributed by atoms with Crippen LogP contribution in [0, 0.1) is 5.92 Å². The largest absolute Gasteiger partial charge is 0.493 e. The fourth-order valence-corrected chi connectivity index (χ4v) is 4.63. The van der Waals surface area contributed by atoms with Crippen LogP contribution in [0.25, 0.3) is 0 Å². The van der Waals surface area contributed by atoms with Gasteiger partial charge in [-0.25, -0.2) is 4.79 Å². The van der Waals surface area contributed by atoms with Crippen LogP contribution in [0.3, 0.4) is 0 Å². The summed E-state index contributed by atoms with van der Waals surface area (Å²) in [6.07, 6.45) is 3.72. The summed E-state index contributed by atoms with van der Waals surface area (Å²) in [4.78, 5) is 35.0.